The summed E-state index contributed by atoms with van der Waals surface area (Å²) in [7, 11) is 0. The summed E-state index contributed by atoms with van der Waals surface area (Å²) in [5.41, 5.74) is 6.89. The van der Waals surface area contributed by atoms with Crippen LogP contribution in [0.3, 0.4) is 0 Å². The Labute approximate surface area is 174 Å². The lowest BCUT2D eigenvalue weighted by molar-refractivity contribution is 0.503. The van der Waals surface area contributed by atoms with Gasteiger partial charge < -0.3 is 0 Å². The molecule has 27 heavy (non-hydrogen) atoms. The minimum absolute atomic E-state index is 0.230. The molecule has 0 nitrogen and oxygen atoms in total. The number of benzene rings is 1. The first-order valence-corrected chi connectivity index (χ1v) is 11.5. The molecular formula is C26H40S. The molecule has 1 fully saturated rings. The molecule has 1 saturated carbocycles. The molecule has 1 heteroatoms. The predicted molar refractivity (Wildman–Crippen MR) is 126 cm³/mol. The van der Waals surface area contributed by atoms with Gasteiger partial charge in [-0.05, 0) is 66.2 Å². The highest BCUT2D eigenvalue weighted by atomic mass is 32.1. The number of thiol groups is 1. The number of hydrogen-bond donors (Lipinski definition) is 1. The number of allylic oxidation sites excluding steroid dienone is 3. The zero-order valence-electron chi connectivity index (χ0n) is 18.2. The van der Waals surface area contributed by atoms with Gasteiger partial charge in [-0.15, -0.1) is 0 Å². The lowest BCUT2D eigenvalue weighted by atomic mass is 9.84. The summed E-state index contributed by atoms with van der Waals surface area (Å²) >= 11 is 5.08. The van der Waals surface area contributed by atoms with Crippen molar-refractivity contribution in [2.75, 3.05) is 0 Å². The van der Waals surface area contributed by atoms with E-state index >= 15 is 0 Å². The number of rotatable bonds is 9. The summed E-state index contributed by atoms with van der Waals surface area (Å²) < 4.78 is 0. The molecule has 2 unspecified atom stereocenters. The van der Waals surface area contributed by atoms with Gasteiger partial charge in [0.05, 0.1) is 0 Å². The second-order valence-corrected chi connectivity index (χ2v) is 9.34. The van der Waals surface area contributed by atoms with Crippen molar-refractivity contribution in [2.45, 2.75) is 84.8 Å². The quantitative estimate of drug-likeness (QED) is 0.320. The Hall–Kier alpha value is -0.950. The third kappa shape index (κ3) is 6.01. The lowest BCUT2D eigenvalue weighted by Gasteiger charge is -2.26. The smallest absolute Gasteiger partial charge is 0.0330 e. The fourth-order valence-corrected chi connectivity index (χ4v) is 5.03. The summed E-state index contributed by atoms with van der Waals surface area (Å²) in [6.07, 6.45) is 11.5. The van der Waals surface area contributed by atoms with Crippen LogP contribution in [-0.4, -0.2) is 0 Å². The maximum atomic E-state index is 5.08. The van der Waals surface area contributed by atoms with Gasteiger partial charge in [-0.2, -0.15) is 12.6 Å². The van der Waals surface area contributed by atoms with E-state index in [1.807, 2.05) is 0 Å². The van der Waals surface area contributed by atoms with Gasteiger partial charge >= 0.3 is 0 Å². The molecule has 1 aliphatic carbocycles. The molecule has 2 rings (SSSR count). The summed E-state index contributed by atoms with van der Waals surface area (Å²) in [6.45, 7) is 15.6. The highest BCUT2D eigenvalue weighted by Crippen LogP contribution is 2.38. The molecule has 1 aliphatic rings. The van der Waals surface area contributed by atoms with E-state index in [9.17, 15) is 0 Å². The van der Waals surface area contributed by atoms with Gasteiger partial charge in [0.15, 0.2) is 0 Å². The third-order valence-corrected chi connectivity index (χ3v) is 7.25. The van der Waals surface area contributed by atoms with Crippen LogP contribution in [0.2, 0.25) is 0 Å². The Balaban J connectivity index is 2.27. The standard InChI is InChI=1S/C26H40S/c1-7-19(5)23-15-22(14-13-21-11-9-10-12-21)16-24(17-23)26(27)20(6)25(8-2)18(3)4/h8,15-18,20-21,26-27H,5,7,9-14H2,1-4,6H3/b25-8-. The molecule has 0 saturated heterocycles. The first-order chi connectivity index (χ1) is 12.9. The van der Waals surface area contributed by atoms with Crippen molar-refractivity contribution in [2.24, 2.45) is 17.8 Å². The summed E-state index contributed by atoms with van der Waals surface area (Å²) in [5.74, 6) is 1.94. The predicted octanol–water partition coefficient (Wildman–Crippen LogP) is 8.44. The van der Waals surface area contributed by atoms with Gasteiger partial charge in [-0.1, -0.05) is 89.8 Å². The molecule has 0 radical (unpaired) electrons. The van der Waals surface area contributed by atoms with Gasteiger partial charge in [0.25, 0.3) is 0 Å². The van der Waals surface area contributed by atoms with E-state index in [0.29, 0.717) is 11.8 Å². The Bertz CT molecular complexity index is 646. The third-order valence-electron chi connectivity index (χ3n) is 6.51. The average molecular weight is 385 g/mol. The largest absolute Gasteiger partial charge is 0.170 e. The zero-order valence-corrected chi connectivity index (χ0v) is 19.1. The van der Waals surface area contributed by atoms with E-state index in [1.165, 1.54) is 66.4 Å². The van der Waals surface area contributed by atoms with Crippen LogP contribution < -0.4 is 0 Å². The summed E-state index contributed by atoms with van der Waals surface area (Å²) in [4.78, 5) is 0. The minimum atomic E-state index is 0.230. The van der Waals surface area contributed by atoms with Gasteiger partial charge in [-0.3, -0.25) is 0 Å². The second kappa shape index (κ2) is 10.6. The van der Waals surface area contributed by atoms with Crippen molar-refractivity contribution in [3.8, 4) is 0 Å². The highest BCUT2D eigenvalue weighted by molar-refractivity contribution is 7.80. The molecule has 0 aromatic heterocycles. The molecule has 0 N–H and O–H groups in total. The molecule has 150 valence electrons. The van der Waals surface area contributed by atoms with Crippen LogP contribution in [0.4, 0.5) is 0 Å². The van der Waals surface area contributed by atoms with Crippen molar-refractivity contribution in [3.63, 3.8) is 0 Å². The molecular weight excluding hydrogens is 344 g/mol. The van der Waals surface area contributed by atoms with Crippen molar-refractivity contribution >= 4 is 18.2 Å². The first kappa shape index (κ1) is 22.3. The van der Waals surface area contributed by atoms with Gasteiger partial charge in [0.2, 0.25) is 0 Å². The topological polar surface area (TPSA) is 0 Å². The first-order valence-electron chi connectivity index (χ1n) is 11.0. The van der Waals surface area contributed by atoms with E-state index < -0.39 is 0 Å². The van der Waals surface area contributed by atoms with E-state index in [1.54, 1.807) is 0 Å². The van der Waals surface area contributed by atoms with Crippen LogP contribution in [-0.2, 0) is 6.42 Å². The van der Waals surface area contributed by atoms with Crippen LogP contribution in [0.15, 0.2) is 36.4 Å². The van der Waals surface area contributed by atoms with Crippen molar-refractivity contribution in [1.82, 2.24) is 0 Å². The maximum absolute atomic E-state index is 5.08. The van der Waals surface area contributed by atoms with Crippen LogP contribution >= 0.6 is 12.6 Å². The van der Waals surface area contributed by atoms with Crippen molar-refractivity contribution in [3.05, 3.63) is 53.1 Å². The van der Waals surface area contributed by atoms with Crippen molar-refractivity contribution < 1.29 is 0 Å². The van der Waals surface area contributed by atoms with E-state index in [-0.39, 0.29) is 5.25 Å². The Morgan fingerprint density at radius 1 is 1.19 bits per heavy atom. The molecule has 0 bridgehead atoms. The zero-order chi connectivity index (χ0) is 20.0. The molecule has 0 heterocycles. The second-order valence-electron chi connectivity index (χ2n) is 8.79. The fourth-order valence-electron chi connectivity index (χ4n) is 4.70. The monoisotopic (exact) mass is 384 g/mol. The Morgan fingerprint density at radius 3 is 2.41 bits per heavy atom. The molecule has 0 spiro atoms. The highest BCUT2D eigenvalue weighted by Gasteiger charge is 2.22. The SMILES string of the molecule is C=C(CC)c1cc(CCC2CCCC2)cc(C(S)C(C)/C(=C\C)C(C)C)c1. The minimum Gasteiger partial charge on any atom is -0.170 e. The molecule has 2 atom stereocenters. The molecule has 0 amide bonds. The van der Waals surface area contributed by atoms with Crippen LogP contribution in [0.25, 0.3) is 5.57 Å². The van der Waals surface area contributed by atoms with E-state index in [0.717, 1.165) is 12.3 Å². The van der Waals surface area contributed by atoms with Crippen LogP contribution in [0.5, 0.6) is 0 Å². The Morgan fingerprint density at radius 2 is 1.85 bits per heavy atom. The van der Waals surface area contributed by atoms with Crippen molar-refractivity contribution in [1.29, 1.82) is 0 Å². The molecule has 1 aromatic rings. The normalized spacial score (nSPS) is 18.1. The summed E-state index contributed by atoms with van der Waals surface area (Å²) in [5, 5.41) is 0.230. The molecule has 0 aliphatic heterocycles. The van der Waals surface area contributed by atoms with E-state index in [4.69, 9.17) is 12.6 Å². The fraction of sp³-hybridized carbons (Fsp3) is 0.615. The van der Waals surface area contributed by atoms with Crippen LogP contribution in [0.1, 0.15) is 95.1 Å². The van der Waals surface area contributed by atoms with Crippen LogP contribution in [0, 0.1) is 17.8 Å². The van der Waals surface area contributed by atoms with E-state index in [2.05, 4.69) is 65.5 Å². The summed E-state index contributed by atoms with van der Waals surface area (Å²) in [6, 6.07) is 7.14. The maximum Gasteiger partial charge on any atom is 0.0330 e. The lowest BCUT2D eigenvalue weighted by Crippen LogP contribution is -2.12. The Kier molecular flexibility index (Phi) is 8.73. The van der Waals surface area contributed by atoms with Gasteiger partial charge in [-0.25, -0.2) is 0 Å². The number of hydrogen-bond acceptors (Lipinski definition) is 1. The molecule has 1 aromatic carbocycles. The number of aryl methyl sites for hydroxylation is 1. The average Bonchev–Trinajstić information content (AvgIpc) is 3.18. The van der Waals surface area contributed by atoms with Gasteiger partial charge in [0, 0.05) is 5.25 Å². The van der Waals surface area contributed by atoms with Gasteiger partial charge in [0.1, 0.15) is 0 Å².